The quantitative estimate of drug-likeness (QED) is 0.671. The molecule has 1 heterocycles. The minimum Gasteiger partial charge on any atom is -0.416 e. The van der Waals surface area contributed by atoms with E-state index in [-0.39, 0.29) is 5.84 Å². The van der Waals surface area contributed by atoms with Gasteiger partial charge in [-0.15, -0.1) is 10.2 Å². The molecule has 17 heavy (non-hydrogen) atoms. The van der Waals surface area contributed by atoms with E-state index >= 15 is 0 Å². The number of amidine groups is 1. The first-order valence-corrected chi connectivity index (χ1v) is 6.29. The number of aryl methyl sites for hydroxylation is 1. The zero-order valence-electron chi connectivity index (χ0n) is 8.90. The lowest BCUT2D eigenvalue weighted by molar-refractivity contribution is 0.429. The number of rotatable bonds is 3. The van der Waals surface area contributed by atoms with Crippen LogP contribution >= 0.6 is 27.7 Å². The molecule has 0 fully saturated rings. The van der Waals surface area contributed by atoms with Crippen LogP contribution in [0.1, 0.15) is 11.5 Å². The monoisotopic (exact) mass is 312 g/mol. The summed E-state index contributed by atoms with van der Waals surface area (Å²) in [5.74, 6) is 0.503. The van der Waals surface area contributed by atoms with E-state index < -0.39 is 0 Å². The maximum Gasteiger partial charge on any atom is 0.281 e. The van der Waals surface area contributed by atoms with Crippen molar-refractivity contribution in [1.29, 1.82) is 5.41 Å². The van der Waals surface area contributed by atoms with Crippen LogP contribution in [0.4, 0.5) is 0 Å². The molecule has 88 valence electrons. The molecule has 0 spiro atoms. The summed E-state index contributed by atoms with van der Waals surface area (Å²) in [6.07, 6.45) is 0. The Morgan fingerprint density at radius 1 is 1.47 bits per heavy atom. The van der Waals surface area contributed by atoms with Gasteiger partial charge in [-0.3, -0.25) is 5.41 Å². The molecule has 2 aromatic rings. The van der Waals surface area contributed by atoms with E-state index in [9.17, 15) is 0 Å². The van der Waals surface area contributed by atoms with Crippen LogP contribution in [0.5, 0.6) is 0 Å². The van der Waals surface area contributed by atoms with E-state index in [1.165, 1.54) is 11.8 Å². The first kappa shape index (κ1) is 12.1. The van der Waals surface area contributed by atoms with Crippen molar-refractivity contribution in [2.45, 2.75) is 17.0 Å². The molecular formula is C10H9BrN4OS. The lowest BCUT2D eigenvalue weighted by Gasteiger charge is -2.07. The lowest BCUT2D eigenvalue weighted by Crippen LogP contribution is -2.13. The van der Waals surface area contributed by atoms with Crippen LogP contribution in [-0.2, 0) is 0 Å². The van der Waals surface area contributed by atoms with Gasteiger partial charge in [-0.25, -0.2) is 0 Å². The number of aromatic nitrogens is 2. The molecule has 0 saturated carbocycles. The Kier molecular flexibility index (Phi) is 3.49. The van der Waals surface area contributed by atoms with E-state index in [1.54, 1.807) is 6.92 Å². The highest BCUT2D eigenvalue weighted by Crippen LogP contribution is 2.32. The first-order valence-electron chi connectivity index (χ1n) is 4.69. The van der Waals surface area contributed by atoms with Crippen molar-refractivity contribution in [3.8, 4) is 0 Å². The fourth-order valence-electron chi connectivity index (χ4n) is 1.26. The first-order chi connectivity index (χ1) is 8.08. The van der Waals surface area contributed by atoms with Crippen LogP contribution in [0.2, 0.25) is 0 Å². The molecule has 3 N–H and O–H groups in total. The van der Waals surface area contributed by atoms with Crippen molar-refractivity contribution in [2.75, 3.05) is 0 Å². The van der Waals surface area contributed by atoms with Crippen LogP contribution in [-0.4, -0.2) is 16.0 Å². The summed E-state index contributed by atoms with van der Waals surface area (Å²) in [5, 5.41) is 15.6. The maximum absolute atomic E-state index is 7.56. The van der Waals surface area contributed by atoms with Crippen LogP contribution in [0.15, 0.2) is 37.2 Å². The summed E-state index contributed by atoms with van der Waals surface area (Å²) in [6, 6.07) is 5.55. The van der Waals surface area contributed by atoms with Gasteiger partial charge in [0.2, 0.25) is 5.89 Å². The number of hydrogen-bond acceptors (Lipinski definition) is 5. The molecule has 2 rings (SSSR count). The maximum atomic E-state index is 7.56. The van der Waals surface area contributed by atoms with E-state index in [0.29, 0.717) is 16.7 Å². The molecule has 7 heteroatoms. The van der Waals surface area contributed by atoms with Gasteiger partial charge < -0.3 is 10.2 Å². The Hall–Kier alpha value is -1.34. The van der Waals surface area contributed by atoms with E-state index in [1.807, 2.05) is 18.2 Å². The summed E-state index contributed by atoms with van der Waals surface area (Å²) < 4.78 is 6.05. The molecule has 0 unspecified atom stereocenters. The average Bonchev–Trinajstić information content (AvgIpc) is 2.63. The standard InChI is InChI=1S/C10H9BrN4OS/c1-5-14-15-10(16-5)17-7-4-2-3-6(11)8(7)9(12)13/h2-4H,1H3,(H3,12,13). The molecule has 0 bridgehead atoms. The summed E-state index contributed by atoms with van der Waals surface area (Å²) >= 11 is 4.65. The number of halogens is 1. The molecule has 0 saturated heterocycles. The van der Waals surface area contributed by atoms with Crippen molar-refractivity contribution >= 4 is 33.5 Å². The molecule has 0 aliphatic heterocycles. The van der Waals surface area contributed by atoms with Gasteiger partial charge in [-0.2, -0.15) is 0 Å². The Labute approximate surface area is 110 Å². The second-order valence-electron chi connectivity index (χ2n) is 3.22. The number of benzene rings is 1. The fraction of sp³-hybridized carbons (Fsp3) is 0.100. The van der Waals surface area contributed by atoms with Crippen molar-refractivity contribution < 1.29 is 4.42 Å². The van der Waals surface area contributed by atoms with Crippen molar-refractivity contribution in [1.82, 2.24) is 10.2 Å². The van der Waals surface area contributed by atoms with Gasteiger partial charge in [0.1, 0.15) is 5.84 Å². The second kappa shape index (κ2) is 4.89. The minimum atomic E-state index is -0.00351. The molecule has 1 aromatic carbocycles. The highest BCUT2D eigenvalue weighted by molar-refractivity contribution is 9.10. The topological polar surface area (TPSA) is 88.8 Å². The molecule has 0 atom stereocenters. The van der Waals surface area contributed by atoms with Crippen LogP contribution in [0.25, 0.3) is 0 Å². The Morgan fingerprint density at radius 2 is 2.24 bits per heavy atom. The molecule has 5 nitrogen and oxygen atoms in total. The van der Waals surface area contributed by atoms with E-state index in [0.717, 1.165) is 9.37 Å². The average molecular weight is 313 g/mol. The zero-order valence-corrected chi connectivity index (χ0v) is 11.3. The smallest absolute Gasteiger partial charge is 0.281 e. The second-order valence-corrected chi connectivity index (χ2v) is 5.06. The predicted octanol–water partition coefficient (Wildman–Crippen LogP) is 2.58. The Balaban J connectivity index is 2.39. The third-order valence-corrected chi connectivity index (χ3v) is 3.51. The van der Waals surface area contributed by atoms with Gasteiger partial charge in [-0.1, -0.05) is 6.07 Å². The molecule has 0 amide bonds. The normalized spacial score (nSPS) is 10.5. The third kappa shape index (κ3) is 2.67. The van der Waals surface area contributed by atoms with Gasteiger partial charge >= 0.3 is 0 Å². The van der Waals surface area contributed by atoms with Crippen molar-refractivity contribution in [3.63, 3.8) is 0 Å². The van der Waals surface area contributed by atoms with E-state index in [4.69, 9.17) is 15.6 Å². The summed E-state index contributed by atoms with van der Waals surface area (Å²) in [5.41, 5.74) is 6.18. The van der Waals surface area contributed by atoms with Crippen LogP contribution in [0.3, 0.4) is 0 Å². The minimum absolute atomic E-state index is 0.00351. The van der Waals surface area contributed by atoms with Gasteiger partial charge in [0.15, 0.2) is 0 Å². The Bertz CT molecular complexity index is 569. The molecule has 1 aromatic heterocycles. The zero-order chi connectivity index (χ0) is 12.4. The SMILES string of the molecule is Cc1nnc(Sc2cccc(Br)c2C(=N)N)o1. The highest BCUT2D eigenvalue weighted by Gasteiger charge is 2.13. The molecular weight excluding hydrogens is 304 g/mol. The largest absolute Gasteiger partial charge is 0.416 e. The number of hydrogen-bond donors (Lipinski definition) is 2. The van der Waals surface area contributed by atoms with Crippen LogP contribution < -0.4 is 5.73 Å². The summed E-state index contributed by atoms with van der Waals surface area (Å²) in [7, 11) is 0. The fourth-order valence-corrected chi connectivity index (χ4v) is 2.88. The predicted molar refractivity (Wildman–Crippen MR) is 68.3 cm³/mol. The third-order valence-electron chi connectivity index (χ3n) is 1.95. The number of nitrogens with zero attached hydrogens (tertiary/aromatic N) is 2. The van der Waals surface area contributed by atoms with Crippen molar-refractivity contribution in [2.24, 2.45) is 5.73 Å². The Morgan fingerprint density at radius 3 is 2.82 bits per heavy atom. The van der Waals surface area contributed by atoms with Crippen molar-refractivity contribution in [3.05, 3.63) is 34.1 Å². The summed E-state index contributed by atoms with van der Waals surface area (Å²) in [6.45, 7) is 1.73. The number of nitrogens with one attached hydrogen (secondary N) is 1. The lowest BCUT2D eigenvalue weighted by atomic mass is 10.2. The van der Waals surface area contributed by atoms with Gasteiger partial charge in [0, 0.05) is 21.9 Å². The number of nitrogen functional groups attached to an aromatic ring is 1. The number of nitrogens with two attached hydrogens (primary N) is 1. The van der Waals surface area contributed by atoms with Crippen LogP contribution in [0, 0.1) is 12.3 Å². The van der Waals surface area contributed by atoms with Gasteiger partial charge in [0.25, 0.3) is 5.22 Å². The summed E-state index contributed by atoms with van der Waals surface area (Å²) in [4.78, 5) is 0.801. The van der Waals surface area contributed by atoms with Gasteiger partial charge in [0.05, 0.1) is 0 Å². The highest BCUT2D eigenvalue weighted by atomic mass is 79.9. The molecule has 0 aliphatic carbocycles. The van der Waals surface area contributed by atoms with E-state index in [2.05, 4.69) is 26.1 Å². The molecule has 0 radical (unpaired) electrons. The molecule has 0 aliphatic rings. The van der Waals surface area contributed by atoms with Gasteiger partial charge in [-0.05, 0) is 39.8 Å².